The number of aromatic hydroxyl groups is 1. The summed E-state index contributed by atoms with van der Waals surface area (Å²) in [5.41, 5.74) is 4.00. The summed E-state index contributed by atoms with van der Waals surface area (Å²) in [6.07, 6.45) is 2.85. The molecule has 0 aliphatic carbocycles. The number of benzene rings is 4. The van der Waals surface area contributed by atoms with Crippen LogP contribution in [0.5, 0.6) is 28.7 Å². The fourth-order valence-corrected chi connectivity index (χ4v) is 6.14. The molecule has 0 bridgehead atoms. The number of esters is 1. The predicted molar refractivity (Wildman–Crippen MR) is 165 cm³/mol. The highest BCUT2D eigenvalue weighted by molar-refractivity contribution is 6.30. The topological polar surface area (TPSA) is 104 Å². The molecule has 0 fully saturated rings. The molecule has 44 heavy (non-hydrogen) atoms. The predicted octanol–water partition coefficient (Wildman–Crippen LogP) is 6.83. The van der Waals surface area contributed by atoms with Crippen LogP contribution in [0.4, 0.5) is 0 Å². The molecule has 5 aromatic rings. The minimum atomic E-state index is -0.610. The zero-order valence-corrected chi connectivity index (χ0v) is 24.5. The maximum Gasteiger partial charge on any atom is 0.312 e. The fraction of sp³-hybridized carbons (Fsp3) is 0.200. The Kier molecular flexibility index (Phi) is 7.14. The van der Waals surface area contributed by atoms with Crippen molar-refractivity contribution in [1.82, 2.24) is 0 Å². The van der Waals surface area contributed by atoms with E-state index in [4.69, 9.17) is 35.0 Å². The normalized spacial score (nSPS) is 15.3. The van der Waals surface area contributed by atoms with Crippen molar-refractivity contribution in [1.29, 1.82) is 0 Å². The van der Waals surface area contributed by atoms with E-state index < -0.39 is 17.3 Å². The molecule has 2 aliphatic heterocycles. The molecule has 0 saturated heterocycles. The largest absolute Gasteiger partial charge is 0.507 e. The lowest BCUT2D eigenvalue weighted by atomic mass is 9.84. The summed E-state index contributed by atoms with van der Waals surface area (Å²) in [5, 5.41) is 11.5. The molecule has 222 valence electrons. The molecule has 0 spiro atoms. The molecule has 9 heteroatoms. The van der Waals surface area contributed by atoms with Crippen LogP contribution in [-0.2, 0) is 17.6 Å². The summed E-state index contributed by atoms with van der Waals surface area (Å²) < 4.78 is 29.3. The Balaban J connectivity index is 1.30. The number of methoxy groups -OCH3 is 1. The van der Waals surface area contributed by atoms with Crippen molar-refractivity contribution < 1.29 is 33.3 Å². The number of carbonyl (C=O) groups is 1. The molecule has 3 heterocycles. The molecule has 0 radical (unpaired) electrons. The van der Waals surface area contributed by atoms with E-state index in [1.165, 1.54) is 17.9 Å². The molecule has 1 atom stereocenters. The van der Waals surface area contributed by atoms with E-state index in [9.17, 15) is 14.7 Å². The summed E-state index contributed by atoms with van der Waals surface area (Å²) in [5.74, 6) is 0.573. The minimum Gasteiger partial charge on any atom is -0.507 e. The van der Waals surface area contributed by atoms with Crippen LogP contribution in [-0.4, -0.2) is 31.4 Å². The van der Waals surface area contributed by atoms with E-state index >= 15 is 0 Å². The maximum absolute atomic E-state index is 13.7. The molecule has 1 aromatic heterocycles. The van der Waals surface area contributed by atoms with Gasteiger partial charge >= 0.3 is 5.97 Å². The number of para-hydroxylation sites is 1. The SMILES string of the molecule is COc1cccc([C@@H]2CC(=O)Oc3cc(O)c4c(=O)c(-c5ccc(Cl)cc5)coc4c32)c1OCCc1ccc2c(c1)CCO2. The van der Waals surface area contributed by atoms with Gasteiger partial charge < -0.3 is 28.5 Å². The van der Waals surface area contributed by atoms with Crippen molar-refractivity contribution in [3.8, 4) is 39.9 Å². The van der Waals surface area contributed by atoms with Gasteiger partial charge in [-0.15, -0.1) is 0 Å². The van der Waals surface area contributed by atoms with Gasteiger partial charge in [0.1, 0.15) is 34.5 Å². The van der Waals surface area contributed by atoms with Crippen LogP contribution in [0.1, 0.15) is 34.6 Å². The van der Waals surface area contributed by atoms with Gasteiger partial charge in [0, 0.05) is 41.0 Å². The van der Waals surface area contributed by atoms with Gasteiger partial charge in [-0.05, 0) is 41.0 Å². The second-order valence-electron chi connectivity index (χ2n) is 10.7. The van der Waals surface area contributed by atoms with Crippen molar-refractivity contribution in [3.05, 3.63) is 110 Å². The molecule has 2 aliphatic rings. The molecule has 0 saturated carbocycles. The van der Waals surface area contributed by atoms with Crippen molar-refractivity contribution in [3.63, 3.8) is 0 Å². The van der Waals surface area contributed by atoms with Crippen molar-refractivity contribution in [2.45, 2.75) is 25.2 Å². The molecule has 1 N–H and O–H groups in total. The quantitative estimate of drug-likeness (QED) is 0.158. The first-order chi connectivity index (χ1) is 21.4. The Bertz CT molecular complexity index is 1980. The van der Waals surface area contributed by atoms with Crippen molar-refractivity contribution in [2.75, 3.05) is 20.3 Å². The molecular weight excluding hydrogens is 584 g/mol. The molecule has 4 aromatic carbocycles. The van der Waals surface area contributed by atoms with E-state index in [1.54, 1.807) is 37.4 Å². The van der Waals surface area contributed by atoms with Gasteiger partial charge in [0.25, 0.3) is 0 Å². The number of phenols is 1. The first kappa shape index (κ1) is 27.9. The number of phenolic OH excluding ortho intramolecular Hbond substituents is 1. The van der Waals surface area contributed by atoms with E-state index in [1.807, 2.05) is 24.3 Å². The van der Waals surface area contributed by atoms with Crippen LogP contribution in [0.15, 0.2) is 82.2 Å². The van der Waals surface area contributed by atoms with Gasteiger partial charge in [0.05, 0.1) is 32.3 Å². The number of halogens is 1. The van der Waals surface area contributed by atoms with Gasteiger partial charge in [0.2, 0.25) is 5.43 Å². The Morgan fingerprint density at radius 2 is 1.86 bits per heavy atom. The van der Waals surface area contributed by atoms with Gasteiger partial charge in [-0.25, -0.2) is 0 Å². The monoisotopic (exact) mass is 610 g/mol. The van der Waals surface area contributed by atoms with Crippen LogP contribution >= 0.6 is 11.6 Å². The highest BCUT2D eigenvalue weighted by Gasteiger charge is 2.36. The number of rotatable bonds is 7. The van der Waals surface area contributed by atoms with E-state index in [2.05, 4.69) is 6.07 Å². The van der Waals surface area contributed by atoms with E-state index in [-0.39, 0.29) is 34.5 Å². The summed E-state index contributed by atoms with van der Waals surface area (Å²) in [6, 6.07) is 19.7. The van der Waals surface area contributed by atoms with Crippen LogP contribution in [0.3, 0.4) is 0 Å². The lowest BCUT2D eigenvalue weighted by molar-refractivity contribution is -0.135. The lowest BCUT2D eigenvalue weighted by Crippen LogP contribution is -2.22. The number of carbonyl (C=O) groups excluding carboxylic acids is 1. The number of fused-ring (bicyclic) bond motifs is 4. The highest BCUT2D eigenvalue weighted by Crippen LogP contribution is 2.49. The maximum atomic E-state index is 13.7. The number of ether oxygens (including phenoxy) is 4. The van der Waals surface area contributed by atoms with Crippen molar-refractivity contribution in [2.24, 2.45) is 0 Å². The lowest BCUT2D eigenvalue weighted by Gasteiger charge is -2.28. The first-order valence-electron chi connectivity index (χ1n) is 14.2. The van der Waals surface area contributed by atoms with Crippen LogP contribution in [0.25, 0.3) is 22.1 Å². The highest BCUT2D eigenvalue weighted by atomic mass is 35.5. The van der Waals surface area contributed by atoms with Gasteiger partial charge in [-0.1, -0.05) is 48.0 Å². The third-order valence-corrected chi connectivity index (χ3v) is 8.37. The summed E-state index contributed by atoms with van der Waals surface area (Å²) in [6.45, 7) is 1.05. The third-order valence-electron chi connectivity index (χ3n) is 8.12. The Hall–Kier alpha value is -4.95. The zero-order valence-electron chi connectivity index (χ0n) is 23.7. The summed E-state index contributed by atoms with van der Waals surface area (Å²) in [7, 11) is 1.56. The van der Waals surface area contributed by atoms with E-state index in [0.717, 1.165) is 17.7 Å². The average molecular weight is 611 g/mol. The van der Waals surface area contributed by atoms with E-state index in [0.29, 0.717) is 52.8 Å². The fourth-order valence-electron chi connectivity index (χ4n) is 6.02. The average Bonchev–Trinajstić information content (AvgIpc) is 3.49. The van der Waals surface area contributed by atoms with Gasteiger partial charge in [-0.2, -0.15) is 0 Å². The molecule has 0 amide bonds. The Labute approximate surface area is 257 Å². The minimum absolute atomic E-state index is 0.00916. The molecule has 7 rings (SSSR count). The first-order valence-corrected chi connectivity index (χ1v) is 14.6. The van der Waals surface area contributed by atoms with Crippen molar-refractivity contribution >= 4 is 28.5 Å². The van der Waals surface area contributed by atoms with Crippen LogP contribution in [0.2, 0.25) is 5.02 Å². The number of hydrogen-bond donors (Lipinski definition) is 1. The molecule has 0 unspecified atom stereocenters. The smallest absolute Gasteiger partial charge is 0.312 e. The summed E-state index contributed by atoms with van der Waals surface area (Å²) in [4.78, 5) is 26.6. The van der Waals surface area contributed by atoms with Gasteiger partial charge in [0.15, 0.2) is 11.5 Å². The van der Waals surface area contributed by atoms with Crippen LogP contribution in [0, 0.1) is 0 Å². The van der Waals surface area contributed by atoms with Crippen LogP contribution < -0.4 is 24.4 Å². The second kappa shape index (κ2) is 11.3. The standard InChI is InChI=1S/C35H27ClO8/c1-40-28-4-2-3-23(34(28)42-13-11-19-5-10-27-21(15-19)12-14-41-27)24-16-30(38)44-29-17-26(37)32-33(39)25(18-43-35(32)31(24)29)20-6-8-22(36)9-7-20/h2-10,15,17-18,24,37H,11-14,16H2,1H3/t24-/m0/s1. The second-order valence-corrected chi connectivity index (χ2v) is 11.2. The Morgan fingerprint density at radius 3 is 2.68 bits per heavy atom. The molecular formula is C35H27ClO8. The van der Waals surface area contributed by atoms with Gasteiger partial charge in [-0.3, -0.25) is 9.59 Å². The zero-order chi connectivity index (χ0) is 30.4. The third kappa shape index (κ3) is 4.91. The Morgan fingerprint density at radius 1 is 1.02 bits per heavy atom. The molecule has 8 nitrogen and oxygen atoms in total. The number of hydrogen-bond acceptors (Lipinski definition) is 8. The summed E-state index contributed by atoms with van der Waals surface area (Å²) >= 11 is 6.04.